The number of carboxylic acids is 1. The lowest BCUT2D eigenvalue weighted by Crippen LogP contribution is -2.45. The number of carbonyl (C=O) groups excluding carboxylic acids is 1. The van der Waals surface area contributed by atoms with E-state index in [9.17, 15) is 23.5 Å². The van der Waals surface area contributed by atoms with Gasteiger partial charge in [0.2, 0.25) is 5.91 Å². The van der Waals surface area contributed by atoms with Crippen LogP contribution >= 0.6 is 15.9 Å². The third kappa shape index (κ3) is 2.47. The Kier molecular flexibility index (Phi) is 3.95. The summed E-state index contributed by atoms with van der Waals surface area (Å²) >= 11 is 3.07. The average molecular weight is 424 g/mol. The second-order valence-corrected chi connectivity index (χ2v) is 7.03. The molecule has 1 fully saturated rings. The molecule has 0 radical (unpaired) electrons. The number of carbonyl (C=O) groups is 2. The minimum atomic E-state index is -1.13. The minimum Gasteiger partial charge on any atom is -0.481 e. The molecule has 1 N–H and O–H groups in total. The molecule has 2 heterocycles. The third-order valence-corrected chi connectivity index (χ3v) is 5.31. The molecule has 0 spiro atoms. The molecule has 0 aromatic heterocycles. The van der Waals surface area contributed by atoms with Gasteiger partial charge in [-0.2, -0.15) is 0 Å². The summed E-state index contributed by atoms with van der Waals surface area (Å²) in [5.74, 6) is -3.70. The molecule has 8 heteroatoms. The Morgan fingerprint density at radius 3 is 2.73 bits per heavy atom. The Labute approximate surface area is 155 Å². The van der Waals surface area contributed by atoms with Crippen LogP contribution in [-0.2, 0) is 9.59 Å². The van der Waals surface area contributed by atoms with Crippen molar-refractivity contribution in [3.05, 3.63) is 52.0 Å². The van der Waals surface area contributed by atoms with Crippen LogP contribution in [0.2, 0.25) is 0 Å². The van der Waals surface area contributed by atoms with Gasteiger partial charge in [-0.15, -0.1) is 0 Å². The van der Waals surface area contributed by atoms with E-state index in [4.69, 9.17) is 4.74 Å². The fraction of sp³-hybridized carbons (Fsp3) is 0.222. The maximum atomic E-state index is 14.7. The van der Waals surface area contributed by atoms with Crippen molar-refractivity contribution >= 4 is 33.5 Å². The lowest BCUT2D eigenvalue weighted by atomic mass is 9.83. The minimum absolute atomic E-state index is 0.00825. The van der Waals surface area contributed by atoms with Crippen LogP contribution in [0.5, 0.6) is 11.5 Å². The van der Waals surface area contributed by atoms with Crippen molar-refractivity contribution in [2.24, 2.45) is 5.92 Å². The molecule has 26 heavy (non-hydrogen) atoms. The van der Waals surface area contributed by atoms with Gasteiger partial charge in [0.1, 0.15) is 17.4 Å². The zero-order valence-corrected chi connectivity index (χ0v) is 14.8. The standard InChI is InChI=1S/C18H12BrF2NO4/c19-9-6-12-14(7-11(9)21)26-13-3-1-2-10(20)16(13)17-8(18(24)25)4-5-15(23)22(12)17/h1-3,6-8,17H,4-5H2,(H,24,25)/t8-,17-/m1/s1. The number of carboxylic acid groups (broad SMARTS) is 1. The molecular weight excluding hydrogens is 412 g/mol. The van der Waals surface area contributed by atoms with Crippen molar-refractivity contribution in [1.29, 1.82) is 0 Å². The number of amides is 1. The first-order valence-corrected chi connectivity index (χ1v) is 8.68. The van der Waals surface area contributed by atoms with Gasteiger partial charge in [-0.05, 0) is 40.5 Å². The molecule has 2 aromatic rings. The molecule has 0 aliphatic carbocycles. The van der Waals surface area contributed by atoms with Crippen LogP contribution in [0.15, 0.2) is 34.8 Å². The molecule has 1 saturated heterocycles. The Morgan fingerprint density at radius 2 is 2.00 bits per heavy atom. The summed E-state index contributed by atoms with van der Waals surface area (Å²) in [7, 11) is 0. The summed E-state index contributed by atoms with van der Waals surface area (Å²) in [5.41, 5.74) is 0.190. The summed E-state index contributed by atoms with van der Waals surface area (Å²) < 4.78 is 34.5. The van der Waals surface area contributed by atoms with Crippen LogP contribution < -0.4 is 9.64 Å². The number of hydrogen-bond donors (Lipinski definition) is 1. The van der Waals surface area contributed by atoms with E-state index in [0.29, 0.717) is 0 Å². The Bertz CT molecular complexity index is 949. The van der Waals surface area contributed by atoms with Gasteiger partial charge in [-0.1, -0.05) is 6.07 Å². The molecule has 1 amide bonds. The maximum absolute atomic E-state index is 14.7. The van der Waals surface area contributed by atoms with Gasteiger partial charge < -0.3 is 14.7 Å². The van der Waals surface area contributed by atoms with Gasteiger partial charge in [0.15, 0.2) is 5.75 Å². The highest BCUT2D eigenvalue weighted by atomic mass is 79.9. The van der Waals surface area contributed by atoms with Gasteiger partial charge in [0.05, 0.1) is 27.7 Å². The molecule has 0 saturated carbocycles. The van der Waals surface area contributed by atoms with Gasteiger partial charge in [-0.25, -0.2) is 8.78 Å². The number of halogens is 3. The van der Waals surface area contributed by atoms with Gasteiger partial charge in [0, 0.05) is 12.5 Å². The van der Waals surface area contributed by atoms with E-state index in [1.807, 2.05) is 0 Å². The zero-order chi connectivity index (χ0) is 18.6. The van der Waals surface area contributed by atoms with E-state index in [0.717, 1.165) is 6.07 Å². The van der Waals surface area contributed by atoms with Crippen LogP contribution in [0.4, 0.5) is 14.5 Å². The number of anilines is 1. The first-order chi connectivity index (χ1) is 12.4. The second kappa shape index (κ2) is 6.05. The highest BCUT2D eigenvalue weighted by molar-refractivity contribution is 9.10. The molecule has 2 aliphatic heterocycles. The third-order valence-electron chi connectivity index (χ3n) is 4.70. The van der Waals surface area contributed by atoms with E-state index in [2.05, 4.69) is 15.9 Å². The number of ether oxygens (including phenoxy) is 1. The molecule has 134 valence electrons. The SMILES string of the molecule is O=C(O)[C@@H]1CCC(=O)N2c3cc(Br)c(F)cc3Oc3cccc(F)c3[C@@H]12. The number of piperidine rings is 1. The maximum Gasteiger partial charge on any atom is 0.308 e. The molecule has 5 nitrogen and oxygen atoms in total. The largest absolute Gasteiger partial charge is 0.481 e. The monoisotopic (exact) mass is 423 g/mol. The number of aliphatic carboxylic acids is 1. The number of nitrogens with zero attached hydrogens (tertiary/aromatic N) is 1. The highest BCUT2D eigenvalue weighted by Gasteiger charge is 2.46. The second-order valence-electron chi connectivity index (χ2n) is 6.18. The Balaban J connectivity index is 2.04. The summed E-state index contributed by atoms with van der Waals surface area (Å²) in [6.07, 6.45) is 0.0759. The van der Waals surface area contributed by atoms with Crippen molar-refractivity contribution in [2.45, 2.75) is 18.9 Å². The fourth-order valence-electron chi connectivity index (χ4n) is 3.57. The quantitative estimate of drug-likeness (QED) is 0.737. The Hall–Kier alpha value is -2.48. The predicted molar refractivity (Wildman–Crippen MR) is 91.2 cm³/mol. The first-order valence-electron chi connectivity index (χ1n) is 7.88. The van der Waals surface area contributed by atoms with E-state index in [1.165, 1.54) is 29.2 Å². The summed E-state index contributed by atoms with van der Waals surface area (Å²) in [4.78, 5) is 25.7. The Morgan fingerprint density at radius 1 is 1.23 bits per heavy atom. The molecular formula is C18H12BrF2NO4. The van der Waals surface area contributed by atoms with Crippen LogP contribution in [-0.4, -0.2) is 17.0 Å². The van der Waals surface area contributed by atoms with Crippen molar-refractivity contribution in [3.63, 3.8) is 0 Å². The lowest BCUT2D eigenvalue weighted by Gasteiger charge is -2.38. The zero-order valence-electron chi connectivity index (χ0n) is 13.2. The van der Waals surface area contributed by atoms with Crippen molar-refractivity contribution in [1.82, 2.24) is 0 Å². The molecule has 2 aliphatic rings. The molecule has 4 rings (SSSR count). The first kappa shape index (κ1) is 17.0. The number of hydrogen-bond acceptors (Lipinski definition) is 3. The van der Waals surface area contributed by atoms with Crippen LogP contribution in [0.1, 0.15) is 24.4 Å². The smallest absolute Gasteiger partial charge is 0.308 e. The van der Waals surface area contributed by atoms with Gasteiger partial charge in [0.25, 0.3) is 0 Å². The predicted octanol–water partition coefficient (Wildman–Crippen LogP) is 4.40. The topological polar surface area (TPSA) is 66.8 Å². The number of rotatable bonds is 1. The molecule has 2 atom stereocenters. The van der Waals surface area contributed by atoms with Crippen LogP contribution in [0.3, 0.4) is 0 Å². The summed E-state index contributed by atoms with van der Waals surface area (Å²) in [6, 6.07) is 5.44. The normalized spacial score (nSPS) is 21.2. The fourth-order valence-corrected chi connectivity index (χ4v) is 3.90. The van der Waals surface area contributed by atoms with Crippen LogP contribution in [0, 0.1) is 17.6 Å². The summed E-state index contributed by atoms with van der Waals surface area (Å²) in [6.45, 7) is 0. The molecule has 0 bridgehead atoms. The molecule has 0 unspecified atom stereocenters. The van der Waals surface area contributed by atoms with E-state index >= 15 is 0 Å². The number of fused-ring (bicyclic) bond motifs is 5. The van der Waals surface area contributed by atoms with Crippen molar-refractivity contribution < 1.29 is 28.2 Å². The van der Waals surface area contributed by atoms with Gasteiger partial charge in [-0.3, -0.25) is 9.59 Å². The van der Waals surface area contributed by atoms with E-state index in [-0.39, 0.29) is 46.0 Å². The number of benzene rings is 2. The van der Waals surface area contributed by atoms with Crippen molar-refractivity contribution in [2.75, 3.05) is 4.90 Å². The lowest BCUT2D eigenvalue weighted by molar-refractivity contribution is -0.144. The highest BCUT2D eigenvalue weighted by Crippen LogP contribution is 2.51. The van der Waals surface area contributed by atoms with E-state index in [1.54, 1.807) is 0 Å². The summed E-state index contributed by atoms with van der Waals surface area (Å²) in [5, 5.41) is 9.65. The van der Waals surface area contributed by atoms with E-state index < -0.39 is 29.6 Å². The van der Waals surface area contributed by atoms with Gasteiger partial charge >= 0.3 is 5.97 Å². The average Bonchev–Trinajstić information content (AvgIpc) is 2.71. The van der Waals surface area contributed by atoms with Crippen LogP contribution in [0.25, 0.3) is 0 Å². The molecule has 2 aromatic carbocycles. The van der Waals surface area contributed by atoms with Crippen molar-refractivity contribution in [3.8, 4) is 11.5 Å².